The van der Waals surface area contributed by atoms with Crippen LogP contribution >= 0.6 is 0 Å². The summed E-state index contributed by atoms with van der Waals surface area (Å²) in [5.74, 6) is 1.84. The molecule has 3 rings (SSSR count). The normalized spacial score (nSPS) is 18.2. The fourth-order valence-electron chi connectivity index (χ4n) is 2.62. The Hall–Kier alpha value is -2.37. The number of carbonyl (C=O) groups excluding carboxylic acids is 1. The third-order valence-electron chi connectivity index (χ3n) is 3.91. The van der Waals surface area contributed by atoms with E-state index in [0.717, 1.165) is 23.6 Å². The van der Waals surface area contributed by atoms with E-state index in [0.29, 0.717) is 18.7 Å². The molecule has 1 aromatic heterocycles. The number of rotatable bonds is 2. The van der Waals surface area contributed by atoms with E-state index in [2.05, 4.69) is 15.2 Å². The lowest BCUT2D eigenvalue weighted by molar-refractivity contribution is 0.0790. The maximum absolute atomic E-state index is 12.5. The molecule has 0 radical (unpaired) electrons. The summed E-state index contributed by atoms with van der Waals surface area (Å²) in [5, 5.41) is 16.7. The molecule has 2 heterocycles. The lowest BCUT2D eigenvalue weighted by Crippen LogP contribution is -2.28. The van der Waals surface area contributed by atoms with Crippen LogP contribution in [0.15, 0.2) is 18.2 Å². The van der Waals surface area contributed by atoms with Crippen LogP contribution in [0.5, 0.6) is 5.75 Å². The van der Waals surface area contributed by atoms with E-state index >= 15 is 0 Å². The second-order valence-corrected chi connectivity index (χ2v) is 5.52. The second kappa shape index (κ2) is 5.20. The van der Waals surface area contributed by atoms with E-state index in [1.807, 2.05) is 6.92 Å². The molecule has 1 aliphatic rings. The average molecular weight is 286 g/mol. The molecule has 21 heavy (non-hydrogen) atoms. The van der Waals surface area contributed by atoms with E-state index in [4.69, 9.17) is 0 Å². The van der Waals surface area contributed by atoms with Gasteiger partial charge in [0.25, 0.3) is 5.91 Å². The number of H-pyrrole nitrogens is 1. The molecule has 1 fully saturated rings. The van der Waals surface area contributed by atoms with Crippen molar-refractivity contribution in [1.82, 2.24) is 20.1 Å². The molecule has 6 heteroatoms. The molecule has 1 atom stereocenters. The Morgan fingerprint density at radius 1 is 1.43 bits per heavy atom. The lowest BCUT2D eigenvalue weighted by Gasteiger charge is -2.16. The van der Waals surface area contributed by atoms with Gasteiger partial charge in [0.15, 0.2) is 5.82 Å². The van der Waals surface area contributed by atoms with Crippen LogP contribution < -0.4 is 0 Å². The molecule has 1 amide bonds. The van der Waals surface area contributed by atoms with Gasteiger partial charge < -0.3 is 10.0 Å². The first-order valence-corrected chi connectivity index (χ1v) is 7.02. The maximum atomic E-state index is 12.5. The van der Waals surface area contributed by atoms with Gasteiger partial charge in [-0.25, -0.2) is 4.98 Å². The van der Waals surface area contributed by atoms with Crippen LogP contribution in [0, 0.1) is 13.8 Å². The highest BCUT2D eigenvalue weighted by Gasteiger charge is 2.30. The molecule has 1 unspecified atom stereocenters. The van der Waals surface area contributed by atoms with Crippen molar-refractivity contribution in [2.24, 2.45) is 0 Å². The molecule has 0 aliphatic carbocycles. The highest BCUT2D eigenvalue weighted by atomic mass is 16.3. The SMILES string of the molecule is Cc1nc(C2CCN(C(=O)c3ccc(C)c(O)c3)C2)n[nH]1. The number of aromatic nitrogens is 3. The highest BCUT2D eigenvalue weighted by Crippen LogP contribution is 2.27. The molecular formula is C15H18N4O2. The lowest BCUT2D eigenvalue weighted by atomic mass is 10.1. The Labute approximate surface area is 122 Å². The minimum Gasteiger partial charge on any atom is -0.508 e. The van der Waals surface area contributed by atoms with Crippen molar-refractivity contribution in [2.75, 3.05) is 13.1 Å². The summed E-state index contributed by atoms with van der Waals surface area (Å²) in [4.78, 5) is 18.6. The first kappa shape index (κ1) is 13.6. The van der Waals surface area contributed by atoms with Gasteiger partial charge >= 0.3 is 0 Å². The number of hydrogen-bond donors (Lipinski definition) is 2. The van der Waals surface area contributed by atoms with E-state index in [1.54, 1.807) is 24.0 Å². The molecule has 2 N–H and O–H groups in total. The number of phenols is 1. The first-order valence-electron chi connectivity index (χ1n) is 7.02. The maximum Gasteiger partial charge on any atom is 0.254 e. The van der Waals surface area contributed by atoms with Crippen molar-refractivity contribution >= 4 is 5.91 Å². The van der Waals surface area contributed by atoms with Crippen molar-refractivity contribution in [3.05, 3.63) is 41.0 Å². The Kier molecular flexibility index (Phi) is 3.37. The fraction of sp³-hybridized carbons (Fsp3) is 0.400. The fourth-order valence-corrected chi connectivity index (χ4v) is 2.62. The number of aromatic amines is 1. The van der Waals surface area contributed by atoms with Crippen LogP contribution in [0.3, 0.4) is 0 Å². The monoisotopic (exact) mass is 286 g/mol. The molecule has 0 spiro atoms. The van der Waals surface area contributed by atoms with Gasteiger partial charge in [0.1, 0.15) is 11.6 Å². The molecular weight excluding hydrogens is 268 g/mol. The van der Waals surface area contributed by atoms with E-state index in [1.165, 1.54) is 6.07 Å². The van der Waals surface area contributed by atoms with Gasteiger partial charge in [0.05, 0.1) is 0 Å². The van der Waals surface area contributed by atoms with Gasteiger partial charge in [-0.05, 0) is 38.0 Å². The van der Waals surface area contributed by atoms with E-state index in [9.17, 15) is 9.90 Å². The number of hydrogen-bond acceptors (Lipinski definition) is 4. The van der Waals surface area contributed by atoms with Crippen LogP contribution in [0.25, 0.3) is 0 Å². The van der Waals surface area contributed by atoms with Gasteiger partial charge in [-0.2, -0.15) is 5.10 Å². The minimum absolute atomic E-state index is 0.0555. The number of likely N-dealkylation sites (tertiary alicyclic amines) is 1. The molecule has 1 aromatic carbocycles. The Bertz CT molecular complexity index is 680. The van der Waals surface area contributed by atoms with Gasteiger partial charge in [-0.3, -0.25) is 9.89 Å². The summed E-state index contributed by atoms with van der Waals surface area (Å²) in [6, 6.07) is 5.04. The second-order valence-electron chi connectivity index (χ2n) is 5.52. The van der Waals surface area contributed by atoms with Gasteiger partial charge in [0, 0.05) is 24.6 Å². The number of nitrogens with zero attached hydrogens (tertiary/aromatic N) is 3. The number of phenolic OH excluding ortho intramolecular Hbond substituents is 1. The number of aromatic hydroxyl groups is 1. The average Bonchev–Trinajstić information content (AvgIpc) is 3.09. The topological polar surface area (TPSA) is 82.1 Å². The van der Waals surface area contributed by atoms with E-state index < -0.39 is 0 Å². The number of nitrogens with one attached hydrogen (secondary N) is 1. The molecule has 2 aromatic rings. The smallest absolute Gasteiger partial charge is 0.254 e. The zero-order chi connectivity index (χ0) is 15.0. The summed E-state index contributed by atoms with van der Waals surface area (Å²) < 4.78 is 0. The summed E-state index contributed by atoms with van der Waals surface area (Å²) in [6.45, 7) is 4.97. The highest BCUT2D eigenvalue weighted by molar-refractivity contribution is 5.95. The Morgan fingerprint density at radius 3 is 2.90 bits per heavy atom. The molecule has 0 saturated carbocycles. The summed E-state index contributed by atoms with van der Waals surface area (Å²) in [5.41, 5.74) is 1.28. The number of benzene rings is 1. The number of aryl methyl sites for hydroxylation is 2. The molecule has 1 saturated heterocycles. The number of carbonyl (C=O) groups is 1. The molecule has 1 aliphatic heterocycles. The van der Waals surface area contributed by atoms with Crippen molar-refractivity contribution in [3.63, 3.8) is 0 Å². The van der Waals surface area contributed by atoms with Crippen molar-refractivity contribution in [2.45, 2.75) is 26.2 Å². The van der Waals surface area contributed by atoms with Gasteiger partial charge in [0.2, 0.25) is 0 Å². The van der Waals surface area contributed by atoms with Crippen LogP contribution in [0.4, 0.5) is 0 Å². The summed E-state index contributed by atoms with van der Waals surface area (Å²) >= 11 is 0. The third kappa shape index (κ3) is 2.61. The third-order valence-corrected chi connectivity index (χ3v) is 3.91. The quantitative estimate of drug-likeness (QED) is 0.881. The Morgan fingerprint density at radius 2 is 2.24 bits per heavy atom. The van der Waals surface area contributed by atoms with Crippen LogP contribution in [-0.4, -0.2) is 44.2 Å². The van der Waals surface area contributed by atoms with Crippen LogP contribution in [-0.2, 0) is 0 Å². The first-order chi connectivity index (χ1) is 10.0. The largest absolute Gasteiger partial charge is 0.508 e. The standard InChI is InChI=1S/C15H18N4O2/c1-9-3-4-11(7-13(9)20)15(21)19-6-5-12(8-19)14-16-10(2)17-18-14/h3-4,7,12,20H,5-6,8H2,1-2H3,(H,16,17,18). The van der Waals surface area contributed by atoms with Crippen molar-refractivity contribution in [3.8, 4) is 5.75 Å². The Balaban J connectivity index is 1.73. The predicted molar refractivity (Wildman–Crippen MR) is 77.2 cm³/mol. The molecule has 110 valence electrons. The van der Waals surface area contributed by atoms with Crippen LogP contribution in [0.2, 0.25) is 0 Å². The molecule has 6 nitrogen and oxygen atoms in total. The summed E-state index contributed by atoms with van der Waals surface area (Å²) in [6.07, 6.45) is 0.862. The zero-order valence-corrected chi connectivity index (χ0v) is 12.1. The van der Waals surface area contributed by atoms with Crippen molar-refractivity contribution < 1.29 is 9.90 Å². The predicted octanol–water partition coefficient (Wildman–Crippen LogP) is 1.76. The minimum atomic E-state index is -0.0555. The van der Waals surface area contributed by atoms with Gasteiger partial charge in [-0.1, -0.05) is 6.07 Å². The van der Waals surface area contributed by atoms with Gasteiger partial charge in [-0.15, -0.1) is 0 Å². The van der Waals surface area contributed by atoms with Crippen LogP contribution in [0.1, 0.15) is 39.9 Å². The zero-order valence-electron chi connectivity index (χ0n) is 12.1. The van der Waals surface area contributed by atoms with Crippen molar-refractivity contribution in [1.29, 1.82) is 0 Å². The van der Waals surface area contributed by atoms with E-state index in [-0.39, 0.29) is 17.6 Å². The number of amides is 1. The summed E-state index contributed by atoms with van der Waals surface area (Å²) in [7, 11) is 0. The molecule has 0 bridgehead atoms.